The molecule has 36 heavy (non-hydrogen) atoms. The zero-order chi connectivity index (χ0) is 25.2. The van der Waals surface area contributed by atoms with Crippen molar-refractivity contribution in [2.45, 2.75) is 32.6 Å². The molecule has 0 atom stereocenters. The normalized spacial score (nSPS) is 14.8. The van der Waals surface area contributed by atoms with Crippen molar-refractivity contribution in [2.24, 2.45) is 4.99 Å². The van der Waals surface area contributed by atoms with E-state index in [-0.39, 0.29) is 11.8 Å². The van der Waals surface area contributed by atoms with E-state index in [4.69, 9.17) is 5.10 Å². The van der Waals surface area contributed by atoms with Crippen LogP contribution >= 0.6 is 11.3 Å². The van der Waals surface area contributed by atoms with Gasteiger partial charge < -0.3 is 10.2 Å². The topological polar surface area (TPSA) is 92.5 Å². The van der Waals surface area contributed by atoms with Crippen molar-refractivity contribution < 1.29 is 9.59 Å². The van der Waals surface area contributed by atoms with Gasteiger partial charge >= 0.3 is 0 Å². The lowest BCUT2D eigenvalue weighted by Gasteiger charge is -2.30. The summed E-state index contributed by atoms with van der Waals surface area (Å²) >= 11 is 1.46. The number of anilines is 1. The molecule has 8 nitrogen and oxygen atoms in total. The largest absolute Gasteiger partial charge is 0.342 e. The SMILES string of the molecule is C=C/C=C(\C=NC)c1nn(-c2ccc(CC(=O)N3CCC3)cc2)c2c1CCc1nc(NC(C)=O)sc1-2. The van der Waals surface area contributed by atoms with Gasteiger partial charge in [-0.2, -0.15) is 5.10 Å². The summed E-state index contributed by atoms with van der Waals surface area (Å²) in [5, 5.41) is 8.45. The highest BCUT2D eigenvalue weighted by molar-refractivity contribution is 7.19. The molecule has 0 spiro atoms. The molecule has 2 amide bonds. The third kappa shape index (κ3) is 4.54. The fourth-order valence-electron chi connectivity index (χ4n) is 4.55. The molecule has 0 saturated carbocycles. The van der Waals surface area contributed by atoms with E-state index in [1.54, 1.807) is 19.3 Å². The van der Waals surface area contributed by atoms with Crippen LogP contribution in [0.3, 0.4) is 0 Å². The van der Waals surface area contributed by atoms with Gasteiger partial charge in [0.05, 0.1) is 34.1 Å². The number of rotatable bonds is 7. The molecule has 1 fully saturated rings. The predicted octanol–water partition coefficient (Wildman–Crippen LogP) is 4.10. The third-order valence-electron chi connectivity index (χ3n) is 6.37. The number of aliphatic imine (C=N–C) groups is 1. The van der Waals surface area contributed by atoms with Gasteiger partial charge in [-0.3, -0.25) is 14.6 Å². The molecule has 0 unspecified atom stereocenters. The fourth-order valence-corrected chi connectivity index (χ4v) is 5.66. The number of benzene rings is 1. The smallest absolute Gasteiger partial charge is 0.226 e. The Kier molecular flexibility index (Phi) is 6.65. The van der Waals surface area contributed by atoms with Gasteiger partial charge in [-0.25, -0.2) is 9.67 Å². The van der Waals surface area contributed by atoms with E-state index >= 15 is 0 Å². The summed E-state index contributed by atoms with van der Waals surface area (Å²) in [4.78, 5) is 35.8. The molecule has 3 heterocycles. The van der Waals surface area contributed by atoms with Crippen LogP contribution in [0.1, 0.15) is 35.9 Å². The average Bonchev–Trinajstić information content (AvgIpc) is 3.38. The summed E-state index contributed by atoms with van der Waals surface area (Å²) in [7, 11) is 1.74. The first-order chi connectivity index (χ1) is 17.5. The molecule has 0 bridgehead atoms. The molecular formula is C27H28N6O2S. The molecule has 2 aromatic heterocycles. The Bertz CT molecular complexity index is 1390. The number of nitrogens with one attached hydrogen (secondary N) is 1. The van der Waals surface area contributed by atoms with Crippen LogP contribution in [0.25, 0.3) is 21.8 Å². The zero-order valence-electron chi connectivity index (χ0n) is 20.5. The second-order valence-electron chi connectivity index (χ2n) is 8.89. The van der Waals surface area contributed by atoms with Crippen molar-refractivity contribution in [1.82, 2.24) is 19.7 Å². The van der Waals surface area contributed by atoms with Crippen molar-refractivity contribution >= 4 is 40.1 Å². The monoisotopic (exact) mass is 500 g/mol. The summed E-state index contributed by atoms with van der Waals surface area (Å²) in [6.07, 6.45) is 8.48. The summed E-state index contributed by atoms with van der Waals surface area (Å²) < 4.78 is 1.94. The molecule has 1 aliphatic heterocycles. The number of carbonyl (C=O) groups is 2. The minimum absolute atomic E-state index is 0.144. The van der Waals surface area contributed by atoms with E-state index in [0.29, 0.717) is 11.6 Å². The number of likely N-dealkylation sites (tertiary alicyclic amines) is 1. The molecule has 1 N–H and O–H groups in total. The molecule has 5 rings (SSSR count). The zero-order valence-corrected chi connectivity index (χ0v) is 21.3. The Hall–Kier alpha value is -3.85. The molecule has 9 heteroatoms. The van der Waals surface area contributed by atoms with Crippen LogP contribution in [0.4, 0.5) is 5.13 Å². The number of nitrogens with zero attached hydrogens (tertiary/aromatic N) is 5. The predicted molar refractivity (Wildman–Crippen MR) is 144 cm³/mol. The highest BCUT2D eigenvalue weighted by Gasteiger charge is 2.30. The second kappa shape index (κ2) is 10.0. The number of amides is 2. The Morgan fingerprint density at radius 3 is 2.64 bits per heavy atom. The fraction of sp³-hybridized carbons (Fsp3) is 0.296. The summed E-state index contributed by atoms with van der Waals surface area (Å²) in [5.74, 6) is 0.0276. The molecule has 184 valence electrons. The van der Waals surface area contributed by atoms with E-state index in [2.05, 4.69) is 21.9 Å². The highest BCUT2D eigenvalue weighted by atomic mass is 32.1. The number of hydrogen-bond acceptors (Lipinski definition) is 6. The maximum absolute atomic E-state index is 12.4. The number of thiazole rings is 1. The lowest BCUT2D eigenvalue weighted by Crippen LogP contribution is -2.42. The van der Waals surface area contributed by atoms with Gasteiger partial charge in [0.1, 0.15) is 0 Å². The van der Waals surface area contributed by atoms with Crippen LogP contribution < -0.4 is 5.32 Å². The molecular weight excluding hydrogens is 472 g/mol. The Labute approximate surface area is 214 Å². The molecule has 1 aliphatic carbocycles. The molecule has 2 aliphatic rings. The van der Waals surface area contributed by atoms with Crippen LogP contribution in [-0.4, -0.2) is 57.8 Å². The van der Waals surface area contributed by atoms with E-state index < -0.39 is 0 Å². The Morgan fingerprint density at radius 2 is 2.00 bits per heavy atom. The van der Waals surface area contributed by atoms with Crippen LogP contribution in [-0.2, 0) is 28.9 Å². The summed E-state index contributed by atoms with van der Waals surface area (Å²) in [6.45, 7) is 7.06. The first-order valence-electron chi connectivity index (χ1n) is 12.0. The van der Waals surface area contributed by atoms with Gasteiger partial charge in [-0.15, -0.1) is 0 Å². The molecule has 3 aromatic rings. The van der Waals surface area contributed by atoms with E-state index in [0.717, 1.165) is 76.7 Å². The number of aryl methyl sites for hydroxylation is 1. The van der Waals surface area contributed by atoms with E-state index in [1.807, 2.05) is 39.9 Å². The first-order valence-corrected chi connectivity index (χ1v) is 12.8. The number of aromatic nitrogens is 3. The number of hydrogen-bond donors (Lipinski definition) is 1. The molecule has 0 radical (unpaired) electrons. The minimum atomic E-state index is -0.144. The van der Waals surface area contributed by atoms with Gasteiger partial charge in [0, 0.05) is 44.4 Å². The van der Waals surface area contributed by atoms with Gasteiger partial charge in [0.15, 0.2) is 5.13 Å². The standard InChI is InChI=1S/C27H28N6O2S/c1-4-6-19(16-28-3)24-21-11-12-22-26(36-27(30-22)29-17(2)34)25(21)33(31-24)20-9-7-18(8-10-20)15-23(35)32-13-5-14-32/h4,6-10,16H,1,5,11-15H2,2-3H3,(H,29,30,34)/b19-6+,28-16?. The van der Waals surface area contributed by atoms with Gasteiger partial charge in [0.2, 0.25) is 11.8 Å². The van der Waals surface area contributed by atoms with Gasteiger partial charge in [-0.05, 0) is 37.0 Å². The average molecular weight is 501 g/mol. The first kappa shape index (κ1) is 23.9. The maximum atomic E-state index is 12.4. The van der Waals surface area contributed by atoms with Gasteiger partial charge in [0.25, 0.3) is 0 Å². The number of fused-ring (bicyclic) bond motifs is 3. The Morgan fingerprint density at radius 1 is 1.22 bits per heavy atom. The maximum Gasteiger partial charge on any atom is 0.226 e. The van der Waals surface area contributed by atoms with Crippen molar-refractivity contribution in [2.75, 3.05) is 25.5 Å². The van der Waals surface area contributed by atoms with E-state index in [9.17, 15) is 9.59 Å². The van der Waals surface area contributed by atoms with Crippen molar-refractivity contribution in [3.05, 3.63) is 65.5 Å². The Balaban J connectivity index is 1.58. The quantitative estimate of drug-likeness (QED) is 0.391. The minimum Gasteiger partial charge on any atom is -0.342 e. The van der Waals surface area contributed by atoms with Crippen LogP contribution in [0, 0.1) is 0 Å². The highest BCUT2D eigenvalue weighted by Crippen LogP contribution is 2.43. The van der Waals surface area contributed by atoms with Crippen LogP contribution in [0.2, 0.25) is 0 Å². The van der Waals surface area contributed by atoms with Gasteiger partial charge in [-0.1, -0.05) is 42.2 Å². The summed E-state index contributed by atoms with van der Waals surface area (Å²) in [6, 6.07) is 8.00. The molecule has 1 saturated heterocycles. The van der Waals surface area contributed by atoms with Crippen molar-refractivity contribution in [3.8, 4) is 16.3 Å². The molecule has 1 aromatic carbocycles. The van der Waals surface area contributed by atoms with Crippen molar-refractivity contribution in [1.29, 1.82) is 0 Å². The lowest BCUT2D eigenvalue weighted by atomic mass is 9.95. The number of allylic oxidation sites excluding steroid dienone is 3. The summed E-state index contributed by atoms with van der Waals surface area (Å²) in [5.41, 5.74) is 6.66. The van der Waals surface area contributed by atoms with Crippen LogP contribution in [0.5, 0.6) is 0 Å². The second-order valence-corrected chi connectivity index (χ2v) is 9.89. The third-order valence-corrected chi connectivity index (χ3v) is 7.39. The number of carbonyl (C=O) groups excluding carboxylic acids is 2. The van der Waals surface area contributed by atoms with Crippen molar-refractivity contribution in [3.63, 3.8) is 0 Å². The van der Waals surface area contributed by atoms with E-state index in [1.165, 1.54) is 18.3 Å². The lowest BCUT2D eigenvalue weighted by molar-refractivity contribution is -0.133. The van der Waals surface area contributed by atoms with Crippen LogP contribution in [0.15, 0.2) is 48.0 Å².